The minimum Gasteiger partial charge on any atom is -0.395 e. The molecule has 3 heteroatoms. The van der Waals surface area contributed by atoms with Gasteiger partial charge in [0.15, 0.2) is 5.82 Å². The highest BCUT2D eigenvalue weighted by Gasteiger charge is 2.14. The van der Waals surface area contributed by atoms with Gasteiger partial charge in [-0.25, -0.2) is 4.39 Å². The molecule has 0 aromatic heterocycles. The fourth-order valence-corrected chi connectivity index (χ4v) is 2.14. The molecule has 2 aromatic rings. The highest BCUT2D eigenvalue weighted by Crippen LogP contribution is 2.33. The van der Waals surface area contributed by atoms with Gasteiger partial charge in [-0.1, -0.05) is 23.8 Å². The third-order valence-corrected chi connectivity index (χ3v) is 3.30. The number of hydrogen-bond acceptors (Lipinski definition) is 2. The largest absolute Gasteiger partial charge is 0.395 e. The highest BCUT2D eigenvalue weighted by molar-refractivity contribution is 5.76. The molecule has 0 radical (unpaired) electrons. The van der Waals surface area contributed by atoms with Crippen LogP contribution in [-0.4, -0.2) is 6.54 Å². The molecule has 0 saturated carbocycles. The molecule has 0 fully saturated rings. The summed E-state index contributed by atoms with van der Waals surface area (Å²) in [4.78, 5) is 2.01. The summed E-state index contributed by atoms with van der Waals surface area (Å²) in [6, 6.07) is 11.8. The van der Waals surface area contributed by atoms with Gasteiger partial charge in [0.05, 0.1) is 11.4 Å². The summed E-state index contributed by atoms with van der Waals surface area (Å²) in [5, 5.41) is 0. The smallest absolute Gasteiger partial charge is 0.151 e. The van der Waals surface area contributed by atoms with E-state index in [-0.39, 0.29) is 11.5 Å². The number of hydrogen-bond donors (Lipinski definition) is 1. The minimum atomic E-state index is -0.330. The lowest BCUT2D eigenvalue weighted by atomic mass is 10.1. The van der Waals surface area contributed by atoms with Crippen molar-refractivity contribution in [3.05, 3.63) is 53.3 Å². The van der Waals surface area contributed by atoms with E-state index < -0.39 is 0 Å². The van der Waals surface area contributed by atoms with Crippen LogP contribution in [0.25, 0.3) is 0 Å². The molecule has 19 heavy (non-hydrogen) atoms. The highest BCUT2D eigenvalue weighted by atomic mass is 19.1. The average molecular weight is 258 g/mol. The van der Waals surface area contributed by atoms with Crippen LogP contribution in [0.2, 0.25) is 0 Å². The Bertz CT molecular complexity index is 576. The zero-order valence-electron chi connectivity index (χ0n) is 11.6. The number of nitrogens with two attached hydrogens (primary N) is 1. The molecule has 0 atom stereocenters. The van der Waals surface area contributed by atoms with E-state index >= 15 is 0 Å². The van der Waals surface area contributed by atoms with E-state index in [0.717, 1.165) is 17.9 Å². The van der Waals surface area contributed by atoms with Crippen molar-refractivity contribution < 1.29 is 4.39 Å². The monoisotopic (exact) mass is 258 g/mol. The molecule has 0 aliphatic carbocycles. The molecule has 0 unspecified atom stereocenters. The van der Waals surface area contributed by atoms with Crippen LogP contribution in [0, 0.1) is 19.7 Å². The summed E-state index contributed by atoms with van der Waals surface area (Å²) in [6.07, 6.45) is 0. The number of aryl methyl sites for hydroxylation is 2. The maximum atomic E-state index is 13.9. The molecule has 0 bridgehead atoms. The van der Waals surface area contributed by atoms with E-state index in [1.54, 1.807) is 13.0 Å². The molecule has 0 spiro atoms. The van der Waals surface area contributed by atoms with E-state index in [2.05, 4.69) is 0 Å². The van der Waals surface area contributed by atoms with Gasteiger partial charge >= 0.3 is 0 Å². The number of halogens is 1. The van der Waals surface area contributed by atoms with Gasteiger partial charge in [0.1, 0.15) is 0 Å². The van der Waals surface area contributed by atoms with Crippen LogP contribution >= 0.6 is 0 Å². The van der Waals surface area contributed by atoms with Gasteiger partial charge in [0.2, 0.25) is 0 Å². The standard InChI is InChI=1S/C16H19FN2/c1-4-19(13-8-5-11(2)6-9-13)14-10-7-12(3)15(17)16(14)18/h5-10H,4,18H2,1-3H3. The van der Waals surface area contributed by atoms with Gasteiger partial charge in [0, 0.05) is 12.2 Å². The van der Waals surface area contributed by atoms with E-state index in [9.17, 15) is 4.39 Å². The van der Waals surface area contributed by atoms with E-state index in [1.165, 1.54) is 5.56 Å². The predicted molar refractivity (Wildman–Crippen MR) is 79.4 cm³/mol. The topological polar surface area (TPSA) is 29.3 Å². The fraction of sp³-hybridized carbons (Fsp3) is 0.250. The van der Waals surface area contributed by atoms with Crippen LogP contribution in [0.5, 0.6) is 0 Å². The van der Waals surface area contributed by atoms with Gasteiger partial charge in [-0.3, -0.25) is 0 Å². The van der Waals surface area contributed by atoms with Gasteiger partial charge in [-0.15, -0.1) is 0 Å². The van der Waals surface area contributed by atoms with Crippen LogP contribution < -0.4 is 10.6 Å². The van der Waals surface area contributed by atoms with Crippen molar-refractivity contribution in [2.45, 2.75) is 20.8 Å². The Morgan fingerprint density at radius 3 is 2.26 bits per heavy atom. The summed E-state index contributed by atoms with van der Waals surface area (Å²) < 4.78 is 13.9. The van der Waals surface area contributed by atoms with Gasteiger partial charge in [-0.05, 0) is 44.5 Å². The molecule has 2 N–H and O–H groups in total. The van der Waals surface area contributed by atoms with Crippen molar-refractivity contribution in [1.29, 1.82) is 0 Å². The van der Waals surface area contributed by atoms with Crippen molar-refractivity contribution >= 4 is 17.1 Å². The second kappa shape index (κ2) is 5.31. The lowest BCUT2D eigenvalue weighted by molar-refractivity contribution is 0.623. The summed E-state index contributed by atoms with van der Waals surface area (Å²) in [6.45, 7) is 6.52. The van der Waals surface area contributed by atoms with Crippen molar-refractivity contribution in [3.63, 3.8) is 0 Å². The van der Waals surface area contributed by atoms with Gasteiger partial charge < -0.3 is 10.6 Å². The second-order valence-electron chi connectivity index (χ2n) is 4.71. The van der Waals surface area contributed by atoms with Gasteiger partial charge in [-0.2, -0.15) is 0 Å². The summed E-state index contributed by atoms with van der Waals surface area (Å²) in [5.74, 6) is -0.330. The Kier molecular flexibility index (Phi) is 3.74. The maximum absolute atomic E-state index is 13.9. The number of nitrogens with zero attached hydrogens (tertiary/aromatic N) is 1. The summed E-state index contributed by atoms with van der Waals surface area (Å²) in [5.41, 5.74) is 9.62. The van der Waals surface area contributed by atoms with Crippen LogP contribution in [-0.2, 0) is 0 Å². The van der Waals surface area contributed by atoms with Crippen molar-refractivity contribution in [1.82, 2.24) is 0 Å². The van der Waals surface area contributed by atoms with E-state index in [1.807, 2.05) is 49.1 Å². The Hall–Kier alpha value is -2.03. The molecule has 2 aromatic carbocycles. The zero-order chi connectivity index (χ0) is 14.0. The molecule has 2 rings (SSSR count). The number of nitrogen functional groups attached to an aromatic ring is 1. The van der Waals surface area contributed by atoms with E-state index in [0.29, 0.717) is 5.56 Å². The Morgan fingerprint density at radius 1 is 1.05 bits per heavy atom. The minimum absolute atomic E-state index is 0.211. The molecule has 100 valence electrons. The summed E-state index contributed by atoms with van der Waals surface area (Å²) >= 11 is 0. The lowest BCUT2D eigenvalue weighted by Crippen LogP contribution is -2.18. The predicted octanol–water partition coefficient (Wildman–Crippen LogP) is 4.18. The number of benzene rings is 2. The maximum Gasteiger partial charge on any atom is 0.151 e. The zero-order valence-corrected chi connectivity index (χ0v) is 11.6. The van der Waals surface area contributed by atoms with Crippen LogP contribution in [0.3, 0.4) is 0 Å². The first-order valence-electron chi connectivity index (χ1n) is 6.43. The Morgan fingerprint density at radius 2 is 1.68 bits per heavy atom. The molecule has 2 nitrogen and oxygen atoms in total. The van der Waals surface area contributed by atoms with Crippen LogP contribution in [0.15, 0.2) is 36.4 Å². The fourth-order valence-electron chi connectivity index (χ4n) is 2.14. The summed E-state index contributed by atoms with van der Waals surface area (Å²) in [7, 11) is 0. The Labute approximate surface area is 113 Å². The molecule has 0 saturated heterocycles. The molecular formula is C16H19FN2. The number of rotatable bonds is 3. The molecule has 0 aliphatic rings. The second-order valence-corrected chi connectivity index (χ2v) is 4.71. The third kappa shape index (κ3) is 2.55. The molecule has 0 amide bonds. The first-order chi connectivity index (χ1) is 9.04. The van der Waals surface area contributed by atoms with Crippen molar-refractivity contribution in [2.24, 2.45) is 0 Å². The molecular weight excluding hydrogens is 239 g/mol. The Balaban J connectivity index is 2.48. The number of anilines is 3. The quantitative estimate of drug-likeness (QED) is 0.837. The third-order valence-electron chi connectivity index (χ3n) is 3.30. The van der Waals surface area contributed by atoms with E-state index in [4.69, 9.17) is 5.73 Å². The van der Waals surface area contributed by atoms with Crippen molar-refractivity contribution in [3.8, 4) is 0 Å². The lowest BCUT2D eigenvalue weighted by Gasteiger charge is -2.25. The van der Waals surface area contributed by atoms with Gasteiger partial charge in [0.25, 0.3) is 0 Å². The van der Waals surface area contributed by atoms with Crippen LogP contribution in [0.4, 0.5) is 21.5 Å². The normalized spacial score (nSPS) is 10.5. The molecule has 0 aliphatic heterocycles. The van der Waals surface area contributed by atoms with Crippen LogP contribution in [0.1, 0.15) is 18.1 Å². The SMILES string of the molecule is CCN(c1ccc(C)cc1)c1ccc(C)c(F)c1N. The first-order valence-corrected chi connectivity index (χ1v) is 6.43. The average Bonchev–Trinajstić information content (AvgIpc) is 2.41. The first kappa shape index (κ1) is 13.4. The van der Waals surface area contributed by atoms with Crippen molar-refractivity contribution in [2.75, 3.05) is 17.2 Å². The molecule has 0 heterocycles.